The number of nitrogen functional groups attached to an aromatic ring is 1. The number of ether oxygens (including phenoxy) is 1. The van der Waals surface area contributed by atoms with E-state index in [1.807, 2.05) is 12.3 Å². The fourth-order valence-electron chi connectivity index (χ4n) is 0.907. The van der Waals surface area contributed by atoms with Gasteiger partial charge in [-0.1, -0.05) is 11.6 Å². The quantitative estimate of drug-likeness (QED) is 0.593. The maximum atomic E-state index is 5.83. The van der Waals surface area contributed by atoms with E-state index in [0.717, 1.165) is 4.90 Å². The van der Waals surface area contributed by atoms with Crippen LogP contribution in [0.4, 0.5) is 5.69 Å². The molecule has 66 valence electrons. The van der Waals surface area contributed by atoms with Crippen molar-refractivity contribution in [3.8, 4) is 5.75 Å². The van der Waals surface area contributed by atoms with E-state index < -0.39 is 0 Å². The highest BCUT2D eigenvalue weighted by Gasteiger charge is 2.06. The van der Waals surface area contributed by atoms with Crippen LogP contribution in [0.3, 0.4) is 0 Å². The van der Waals surface area contributed by atoms with Gasteiger partial charge in [-0.3, -0.25) is 0 Å². The van der Waals surface area contributed by atoms with Gasteiger partial charge in [0.15, 0.2) is 0 Å². The van der Waals surface area contributed by atoms with Crippen LogP contribution in [-0.2, 0) is 0 Å². The molecule has 0 spiro atoms. The second-order valence-corrected chi connectivity index (χ2v) is 3.51. The molecule has 1 rings (SSSR count). The lowest BCUT2D eigenvalue weighted by atomic mass is 10.3. The van der Waals surface area contributed by atoms with Crippen molar-refractivity contribution in [1.82, 2.24) is 0 Å². The Kier molecular flexibility index (Phi) is 3.12. The molecule has 2 nitrogen and oxygen atoms in total. The molecule has 0 heterocycles. The minimum atomic E-state index is 0.631. The highest BCUT2D eigenvalue weighted by Crippen LogP contribution is 2.34. The summed E-state index contributed by atoms with van der Waals surface area (Å²) >= 11 is 7.38. The first-order valence-electron chi connectivity index (χ1n) is 3.36. The van der Waals surface area contributed by atoms with Gasteiger partial charge in [0.05, 0.1) is 12.8 Å². The largest absolute Gasteiger partial charge is 0.495 e. The molecule has 1 aromatic carbocycles. The van der Waals surface area contributed by atoms with E-state index in [0.29, 0.717) is 16.5 Å². The number of hydrogen-bond acceptors (Lipinski definition) is 3. The molecule has 4 heteroatoms. The fourth-order valence-corrected chi connectivity index (χ4v) is 1.75. The van der Waals surface area contributed by atoms with Gasteiger partial charge >= 0.3 is 0 Å². The second-order valence-electron chi connectivity index (χ2n) is 2.22. The highest BCUT2D eigenvalue weighted by atomic mass is 35.5. The number of hydrogen-bond donors (Lipinski definition) is 1. The van der Waals surface area contributed by atoms with E-state index in [2.05, 4.69) is 0 Å². The maximum absolute atomic E-state index is 5.83. The number of halogens is 1. The number of anilines is 1. The number of methoxy groups -OCH3 is 1. The molecular weight excluding hydrogens is 194 g/mol. The van der Waals surface area contributed by atoms with Crippen molar-refractivity contribution < 1.29 is 4.74 Å². The smallest absolute Gasteiger partial charge is 0.144 e. The van der Waals surface area contributed by atoms with Crippen molar-refractivity contribution >= 4 is 29.1 Å². The summed E-state index contributed by atoms with van der Waals surface area (Å²) in [4.78, 5) is 0.944. The Bertz CT molecular complexity index is 265. The molecule has 0 saturated heterocycles. The number of thioether (sulfide) groups is 1. The van der Waals surface area contributed by atoms with Gasteiger partial charge in [-0.15, -0.1) is 11.8 Å². The third-order valence-corrected chi connectivity index (χ3v) is 2.50. The highest BCUT2D eigenvalue weighted by molar-refractivity contribution is 7.98. The standard InChI is InChI=1S/C8H10ClNOS/c1-11-6-3-5(9)4-7(12-2)8(6)10/h3-4H,10H2,1-2H3. The summed E-state index contributed by atoms with van der Waals surface area (Å²) in [7, 11) is 1.58. The van der Waals surface area contributed by atoms with Crippen LogP contribution in [0.2, 0.25) is 5.02 Å². The summed E-state index contributed by atoms with van der Waals surface area (Å²) in [5.41, 5.74) is 6.42. The first-order chi connectivity index (χ1) is 5.69. The maximum Gasteiger partial charge on any atom is 0.144 e. The zero-order valence-corrected chi connectivity index (χ0v) is 8.50. The van der Waals surface area contributed by atoms with Gasteiger partial charge in [-0.25, -0.2) is 0 Å². The second kappa shape index (κ2) is 3.92. The van der Waals surface area contributed by atoms with Gasteiger partial charge in [0.2, 0.25) is 0 Å². The Balaban J connectivity index is 3.22. The van der Waals surface area contributed by atoms with Gasteiger partial charge in [0.25, 0.3) is 0 Å². The molecule has 12 heavy (non-hydrogen) atoms. The lowest BCUT2D eigenvalue weighted by Gasteiger charge is -2.08. The number of benzene rings is 1. The predicted molar refractivity (Wildman–Crippen MR) is 54.2 cm³/mol. The SMILES string of the molecule is COc1cc(Cl)cc(SC)c1N. The normalized spacial score (nSPS) is 9.92. The summed E-state index contributed by atoms with van der Waals surface area (Å²) in [6.07, 6.45) is 1.95. The molecule has 0 aliphatic carbocycles. The zero-order valence-electron chi connectivity index (χ0n) is 6.93. The monoisotopic (exact) mass is 203 g/mol. The van der Waals surface area contributed by atoms with Gasteiger partial charge in [-0.05, 0) is 12.3 Å². The molecule has 0 unspecified atom stereocenters. The van der Waals surface area contributed by atoms with Crippen molar-refractivity contribution in [2.45, 2.75) is 4.90 Å². The van der Waals surface area contributed by atoms with E-state index in [1.54, 1.807) is 24.9 Å². The molecular formula is C8H10ClNOS. The third-order valence-electron chi connectivity index (χ3n) is 1.51. The third kappa shape index (κ3) is 1.79. The van der Waals surface area contributed by atoms with Crippen LogP contribution < -0.4 is 10.5 Å². The first kappa shape index (κ1) is 9.55. The van der Waals surface area contributed by atoms with E-state index in [4.69, 9.17) is 22.1 Å². The Morgan fingerprint density at radius 1 is 1.50 bits per heavy atom. The fraction of sp³-hybridized carbons (Fsp3) is 0.250. The molecule has 0 amide bonds. The first-order valence-corrected chi connectivity index (χ1v) is 4.96. The summed E-state index contributed by atoms with van der Waals surface area (Å²) in [5.74, 6) is 0.631. The van der Waals surface area contributed by atoms with Crippen LogP contribution in [0, 0.1) is 0 Å². The van der Waals surface area contributed by atoms with Crippen molar-refractivity contribution in [3.63, 3.8) is 0 Å². The van der Waals surface area contributed by atoms with Crippen LogP contribution in [0.1, 0.15) is 0 Å². The molecule has 0 atom stereocenters. The van der Waals surface area contributed by atoms with E-state index >= 15 is 0 Å². The Morgan fingerprint density at radius 3 is 2.67 bits per heavy atom. The molecule has 0 bridgehead atoms. The van der Waals surface area contributed by atoms with Crippen molar-refractivity contribution in [2.24, 2.45) is 0 Å². The van der Waals surface area contributed by atoms with Crippen LogP contribution >= 0.6 is 23.4 Å². The Labute approximate surface area is 81.0 Å². The molecule has 0 aromatic heterocycles. The van der Waals surface area contributed by atoms with E-state index in [-0.39, 0.29) is 0 Å². The minimum Gasteiger partial charge on any atom is -0.495 e. The molecule has 2 N–H and O–H groups in total. The topological polar surface area (TPSA) is 35.2 Å². The molecule has 0 saturated carbocycles. The van der Waals surface area contributed by atoms with Crippen LogP contribution in [0.25, 0.3) is 0 Å². The predicted octanol–water partition coefficient (Wildman–Crippen LogP) is 2.65. The molecule has 1 aromatic rings. The van der Waals surface area contributed by atoms with Gasteiger partial charge in [0, 0.05) is 16.0 Å². The van der Waals surface area contributed by atoms with Gasteiger partial charge in [-0.2, -0.15) is 0 Å². The van der Waals surface area contributed by atoms with Gasteiger partial charge < -0.3 is 10.5 Å². The van der Waals surface area contributed by atoms with E-state index in [1.165, 1.54) is 0 Å². The Hall–Kier alpha value is -0.540. The number of rotatable bonds is 2. The molecule has 0 radical (unpaired) electrons. The average molecular weight is 204 g/mol. The Morgan fingerprint density at radius 2 is 2.17 bits per heavy atom. The van der Waals surface area contributed by atoms with Crippen LogP contribution in [0.15, 0.2) is 17.0 Å². The lowest BCUT2D eigenvalue weighted by Crippen LogP contribution is -1.94. The van der Waals surface area contributed by atoms with Crippen molar-refractivity contribution in [1.29, 1.82) is 0 Å². The minimum absolute atomic E-state index is 0.631. The van der Waals surface area contributed by atoms with Crippen LogP contribution in [-0.4, -0.2) is 13.4 Å². The lowest BCUT2D eigenvalue weighted by molar-refractivity contribution is 0.416. The number of nitrogens with two attached hydrogens (primary N) is 1. The van der Waals surface area contributed by atoms with Crippen molar-refractivity contribution in [2.75, 3.05) is 19.1 Å². The van der Waals surface area contributed by atoms with Crippen LogP contribution in [0.5, 0.6) is 5.75 Å². The van der Waals surface area contributed by atoms with Crippen molar-refractivity contribution in [3.05, 3.63) is 17.2 Å². The molecule has 0 aliphatic rings. The van der Waals surface area contributed by atoms with E-state index in [9.17, 15) is 0 Å². The molecule has 0 fully saturated rings. The van der Waals surface area contributed by atoms with Gasteiger partial charge in [0.1, 0.15) is 5.75 Å². The summed E-state index contributed by atoms with van der Waals surface area (Å²) in [5, 5.41) is 0.644. The summed E-state index contributed by atoms with van der Waals surface area (Å²) in [6.45, 7) is 0. The zero-order chi connectivity index (χ0) is 9.14. The summed E-state index contributed by atoms with van der Waals surface area (Å²) < 4.78 is 5.05. The molecule has 0 aliphatic heterocycles. The average Bonchev–Trinajstić information content (AvgIpc) is 2.08. The summed E-state index contributed by atoms with van der Waals surface area (Å²) in [6, 6.07) is 3.53.